The Balaban J connectivity index is 1.26. The lowest BCUT2D eigenvalue weighted by molar-refractivity contribution is -0.121. The number of hydrazine groups is 1. The first kappa shape index (κ1) is 17.6. The highest BCUT2D eigenvalue weighted by atomic mass is 16.7. The number of ether oxygens (including phenoxy) is 2. The van der Waals surface area contributed by atoms with Crippen LogP contribution in [0.15, 0.2) is 60.9 Å². The number of para-hydroxylation sites is 1. The van der Waals surface area contributed by atoms with Gasteiger partial charge in [-0.3, -0.25) is 20.4 Å². The predicted octanol–water partition coefficient (Wildman–Crippen LogP) is 1.99. The molecule has 0 fully saturated rings. The van der Waals surface area contributed by atoms with E-state index < -0.39 is 5.91 Å². The van der Waals surface area contributed by atoms with Crippen LogP contribution < -0.4 is 20.3 Å². The van der Waals surface area contributed by atoms with Crippen molar-refractivity contribution in [2.45, 2.75) is 12.8 Å². The number of nitrogens with one attached hydrogen (secondary N) is 2. The van der Waals surface area contributed by atoms with Crippen molar-refractivity contribution in [1.82, 2.24) is 20.6 Å². The Bertz CT molecular complexity index is 1000. The maximum atomic E-state index is 12.1. The van der Waals surface area contributed by atoms with E-state index in [1.54, 1.807) is 29.1 Å². The zero-order valence-electron chi connectivity index (χ0n) is 14.9. The molecule has 3 aromatic rings. The molecule has 0 aliphatic carbocycles. The summed E-state index contributed by atoms with van der Waals surface area (Å²) in [6, 6.07) is 14.6. The summed E-state index contributed by atoms with van der Waals surface area (Å²) in [4.78, 5) is 24.2. The van der Waals surface area contributed by atoms with E-state index in [0.717, 1.165) is 11.3 Å². The van der Waals surface area contributed by atoms with Crippen molar-refractivity contribution in [3.05, 3.63) is 72.1 Å². The minimum absolute atomic E-state index is 0.137. The summed E-state index contributed by atoms with van der Waals surface area (Å²) in [5, 5.41) is 4.30. The summed E-state index contributed by atoms with van der Waals surface area (Å²) >= 11 is 0. The summed E-state index contributed by atoms with van der Waals surface area (Å²) in [6.45, 7) is 0.137. The third kappa shape index (κ3) is 3.96. The number of fused-ring (bicyclic) bond motifs is 1. The van der Waals surface area contributed by atoms with Crippen LogP contribution in [0.5, 0.6) is 11.5 Å². The number of amides is 2. The van der Waals surface area contributed by atoms with Gasteiger partial charge in [0.05, 0.1) is 11.9 Å². The molecule has 0 atom stereocenters. The summed E-state index contributed by atoms with van der Waals surface area (Å²) in [7, 11) is 0. The SMILES string of the molecule is O=C(CCc1cnn(-c2ccccc2)c1)NNC(=O)c1ccc2c(c1)OCO2. The normalized spacial score (nSPS) is 11.9. The largest absolute Gasteiger partial charge is 0.454 e. The minimum atomic E-state index is -0.427. The average Bonchev–Trinajstić information content (AvgIpc) is 3.40. The lowest BCUT2D eigenvalue weighted by Crippen LogP contribution is -2.41. The fourth-order valence-electron chi connectivity index (χ4n) is 2.77. The summed E-state index contributed by atoms with van der Waals surface area (Å²) < 4.78 is 12.2. The van der Waals surface area contributed by atoms with Crippen molar-refractivity contribution in [1.29, 1.82) is 0 Å². The van der Waals surface area contributed by atoms with Crippen molar-refractivity contribution in [2.75, 3.05) is 6.79 Å². The van der Waals surface area contributed by atoms with Gasteiger partial charge in [0.25, 0.3) is 5.91 Å². The first-order valence-electron chi connectivity index (χ1n) is 8.77. The molecule has 0 bridgehead atoms. The lowest BCUT2D eigenvalue weighted by Gasteiger charge is -2.07. The molecule has 1 aliphatic rings. The molecular formula is C20H18N4O4. The third-order valence-electron chi connectivity index (χ3n) is 4.25. The van der Waals surface area contributed by atoms with Gasteiger partial charge in [0, 0.05) is 18.2 Å². The third-order valence-corrected chi connectivity index (χ3v) is 4.25. The highest BCUT2D eigenvalue weighted by Crippen LogP contribution is 2.32. The van der Waals surface area contributed by atoms with Gasteiger partial charge in [0.1, 0.15) is 0 Å². The Morgan fingerprint density at radius 3 is 2.71 bits per heavy atom. The molecule has 0 saturated carbocycles. The van der Waals surface area contributed by atoms with E-state index in [2.05, 4.69) is 16.0 Å². The standard InChI is InChI=1S/C20H18N4O4/c25-19(9-6-14-11-21-24(12-14)16-4-2-1-3-5-16)22-23-20(26)15-7-8-17-18(10-15)28-13-27-17/h1-5,7-8,10-12H,6,9,13H2,(H,22,25)(H,23,26). The summed E-state index contributed by atoms with van der Waals surface area (Å²) in [5.41, 5.74) is 7.07. The van der Waals surface area contributed by atoms with Crippen LogP contribution in [0.4, 0.5) is 0 Å². The average molecular weight is 378 g/mol. The zero-order chi connectivity index (χ0) is 19.3. The molecular weight excluding hydrogens is 360 g/mol. The van der Waals surface area contributed by atoms with Gasteiger partial charge >= 0.3 is 0 Å². The first-order valence-corrected chi connectivity index (χ1v) is 8.77. The summed E-state index contributed by atoms with van der Waals surface area (Å²) in [5.74, 6) is 0.385. The van der Waals surface area contributed by atoms with Crippen LogP contribution in [0, 0.1) is 0 Å². The second kappa shape index (κ2) is 7.83. The molecule has 0 spiro atoms. The number of rotatable bonds is 5. The van der Waals surface area contributed by atoms with Crippen LogP contribution in [-0.4, -0.2) is 28.4 Å². The number of hydrogen-bond donors (Lipinski definition) is 2. The highest BCUT2D eigenvalue weighted by molar-refractivity contribution is 5.96. The molecule has 8 heteroatoms. The lowest BCUT2D eigenvalue weighted by atomic mass is 10.2. The Morgan fingerprint density at radius 2 is 1.86 bits per heavy atom. The number of nitrogens with zero attached hydrogens (tertiary/aromatic N) is 2. The fraction of sp³-hybridized carbons (Fsp3) is 0.150. The van der Waals surface area contributed by atoms with E-state index in [4.69, 9.17) is 9.47 Å². The topological polar surface area (TPSA) is 94.5 Å². The quantitative estimate of drug-likeness (QED) is 0.662. The van der Waals surface area contributed by atoms with E-state index >= 15 is 0 Å². The number of hydrogen-bond acceptors (Lipinski definition) is 5. The van der Waals surface area contributed by atoms with Crippen molar-refractivity contribution >= 4 is 11.8 Å². The number of aryl methyl sites for hydroxylation is 1. The second-order valence-electron chi connectivity index (χ2n) is 6.20. The molecule has 28 heavy (non-hydrogen) atoms. The Hall–Kier alpha value is -3.81. The van der Waals surface area contributed by atoms with Crippen molar-refractivity contribution in [2.24, 2.45) is 0 Å². The molecule has 1 aromatic heterocycles. The molecule has 0 radical (unpaired) electrons. The molecule has 0 saturated heterocycles. The van der Waals surface area contributed by atoms with Crippen LogP contribution in [0.3, 0.4) is 0 Å². The molecule has 2 amide bonds. The van der Waals surface area contributed by atoms with Gasteiger partial charge in [0.15, 0.2) is 11.5 Å². The summed E-state index contributed by atoms with van der Waals surface area (Å²) in [6.07, 6.45) is 4.35. The maximum Gasteiger partial charge on any atom is 0.269 e. The number of benzene rings is 2. The predicted molar refractivity (Wildman–Crippen MR) is 100 cm³/mol. The Kier molecular flexibility index (Phi) is 4.92. The Labute approximate surface area is 161 Å². The van der Waals surface area contributed by atoms with Crippen molar-refractivity contribution in [3.63, 3.8) is 0 Å². The Morgan fingerprint density at radius 1 is 1.04 bits per heavy atom. The highest BCUT2D eigenvalue weighted by Gasteiger charge is 2.16. The number of aromatic nitrogens is 2. The second-order valence-corrected chi connectivity index (χ2v) is 6.20. The van der Waals surface area contributed by atoms with Gasteiger partial charge in [-0.2, -0.15) is 5.10 Å². The van der Waals surface area contributed by atoms with Gasteiger partial charge in [0.2, 0.25) is 12.7 Å². The van der Waals surface area contributed by atoms with Crippen LogP contribution in [-0.2, 0) is 11.2 Å². The molecule has 0 unspecified atom stereocenters. The molecule has 2 heterocycles. The van der Waals surface area contributed by atoms with Gasteiger partial charge in [-0.1, -0.05) is 18.2 Å². The molecule has 2 N–H and O–H groups in total. The van der Waals surface area contributed by atoms with Gasteiger partial charge in [-0.25, -0.2) is 4.68 Å². The molecule has 2 aromatic carbocycles. The van der Waals surface area contributed by atoms with Gasteiger partial charge in [-0.15, -0.1) is 0 Å². The first-order chi connectivity index (χ1) is 13.7. The van der Waals surface area contributed by atoms with E-state index in [9.17, 15) is 9.59 Å². The number of carbonyl (C=O) groups excluding carboxylic acids is 2. The van der Waals surface area contributed by atoms with Crippen LogP contribution in [0.2, 0.25) is 0 Å². The molecule has 4 rings (SSSR count). The molecule has 142 valence electrons. The fourth-order valence-corrected chi connectivity index (χ4v) is 2.77. The molecule has 1 aliphatic heterocycles. The van der Waals surface area contributed by atoms with E-state index in [1.165, 1.54) is 0 Å². The van der Waals surface area contributed by atoms with Gasteiger partial charge < -0.3 is 9.47 Å². The monoisotopic (exact) mass is 378 g/mol. The van der Waals surface area contributed by atoms with Crippen molar-refractivity contribution in [3.8, 4) is 17.2 Å². The van der Waals surface area contributed by atoms with E-state index in [0.29, 0.717) is 23.5 Å². The van der Waals surface area contributed by atoms with Crippen molar-refractivity contribution < 1.29 is 19.1 Å². The minimum Gasteiger partial charge on any atom is -0.454 e. The van der Waals surface area contributed by atoms with Gasteiger partial charge in [-0.05, 0) is 42.3 Å². The van der Waals surface area contributed by atoms with Crippen LogP contribution in [0.25, 0.3) is 5.69 Å². The number of carbonyl (C=O) groups is 2. The maximum absolute atomic E-state index is 12.1. The van der Waals surface area contributed by atoms with E-state index in [-0.39, 0.29) is 19.1 Å². The zero-order valence-corrected chi connectivity index (χ0v) is 14.9. The molecule has 8 nitrogen and oxygen atoms in total. The van der Waals surface area contributed by atoms with Crippen LogP contribution >= 0.6 is 0 Å². The van der Waals surface area contributed by atoms with Crippen LogP contribution in [0.1, 0.15) is 22.3 Å². The smallest absolute Gasteiger partial charge is 0.269 e. The van der Waals surface area contributed by atoms with E-state index in [1.807, 2.05) is 36.5 Å².